The number of nitrogens with one attached hydrogen (secondary N) is 1. The van der Waals surface area contributed by atoms with Crippen molar-refractivity contribution in [1.82, 2.24) is 5.32 Å². The summed E-state index contributed by atoms with van der Waals surface area (Å²) in [6, 6.07) is 0. The van der Waals surface area contributed by atoms with E-state index in [2.05, 4.69) is 12.2 Å². The molecule has 104 valence electrons. The van der Waals surface area contributed by atoms with Gasteiger partial charge in [0.25, 0.3) is 0 Å². The summed E-state index contributed by atoms with van der Waals surface area (Å²) in [6.45, 7) is 4.72. The third kappa shape index (κ3) is 2.75. The molecule has 1 saturated heterocycles. The van der Waals surface area contributed by atoms with E-state index >= 15 is 0 Å². The zero-order valence-corrected chi connectivity index (χ0v) is 11.9. The molecule has 2 saturated carbocycles. The Morgan fingerprint density at radius 2 is 1.83 bits per heavy atom. The number of rotatable bonds is 4. The average Bonchev–Trinajstić information content (AvgIpc) is 3.06. The van der Waals surface area contributed by atoms with Gasteiger partial charge < -0.3 is 10.1 Å². The van der Waals surface area contributed by atoms with E-state index in [0.717, 1.165) is 18.4 Å². The van der Waals surface area contributed by atoms with Crippen LogP contribution in [0.3, 0.4) is 0 Å². The molecule has 3 rings (SSSR count). The second kappa shape index (κ2) is 5.50. The van der Waals surface area contributed by atoms with Crippen LogP contribution in [0.5, 0.6) is 0 Å². The van der Waals surface area contributed by atoms with Gasteiger partial charge in [0.1, 0.15) is 0 Å². The van der Waals surface area contributed by atoms with E-state index in [4.69, 9.17) is 4.74 Å². The average molecular weight is 251 g/mol. The maximum atomic E-state index is 6.34. The van der Waals surface area contributed by atoms with Crippen molar-refractivity contribution in [2.75, 3.05) is 13.1 Å². The van der Waals surface area contributed by atoms with Gasteiger partial charge in [-0.25, -0.2) is 0 Å². The van der Waals surface area contributed by atoms with Crippen LogP contribution >= 0.6 is 0 Å². The number of hydrogen-bond acceptors (Lipinski definition) is 2. The van der Waals surface area contributed by atoms with Crippen molar-refractivity contribution < 1.29 is 4.74 Å². The Morgan fingerprint density at radius 3 is 2.56 bits per heavy atom. The van der Waals surface area contributed by atoms with Gasteiger partial charge in [0.2, 0.25) is 0 Å². The zero-order valence-electron chi connectivity index (χ0n) is 11.9. The quantitative estimate of drug-likeness (QED) is 0.825. The Labute approximate surface area is 112 Å². The Morgan fingerprint density at radius 1 is 1.00 bits per heavy atom. The van der Waals surface area contributed by atoms with Gasteiger partial charge >= 0.3 is 0 Å². The molecular formula is C16H29NO. The third-order valence-electron chi connectivity index (χ3n) is 5.67. The minimum atomic E-state index is 0.312. The standard InChI is InChI=1S/C16H29NO/c1-13-5-4-6-14(13)11-17-12-15-7-10-16(18-15)8-2-3-9-16/h13-15,17H,2-12H2,1H3. The second-order valence-electron chi connectivity index (χ2n) is 7.00. The van der Waals surface area contributed by atoms with Crippen LogP contribution in [0.4, 0.5) is 0 Å². The van der Waals surface area contributed by atoms with Crippen LogP contribution in [0, 0.1) is 11.8 Å². The lowest BCUT2D eigenvalue weighted by molar-refractivity contribution is -0.0353. The molecule has 2 aliphatic carbocycles. The third-order valence-corrected chi connectivity index (χ3v) is 5.67. The summed E-state index contributed by atoms with van der Waals surface area (Å²) in [6.07, 6.45) is 12.8. The molecule has 1 heterocycles. The van der Waals surface area contributed by atoms with Crippen LogP contribution in [-0.4, -0.2) is 24.8 Å². The highest BCUT2D eigenvalue weighted by Gasteiger charge is 2.41. The lowest BCUT2D eigenvalue weighted by atomic mass is 9.97. The van der Waals surface area contributed by atoms with Crippen molar-refractivity contribution in [2.45, 2.75) is 76.4 Å². The minimum Gasteiger partial charge on any atom is -0.370 e. The summed E-state index contributed by atoms with van der Waals surface area (Å²) in [7, 11) is 0. The molecule has 3 aliphatic rings. The molecule has 1 N–H and O–H groups in total. The summed E-state index contributed by atoms with van der Waals surface area (Å²) >= 11 is 0. The molecule has 1 spiro atoms. The summed E-state index contributed by atoms with van der Waals surface area (Å²) in [4.78, 5) is 0. The summed E-state index contributed by atoms with van der Waals surface area (Å²) in [5, 5.41) is 3.68. The second-order valence-corrected chi connectivity index (χ2v) is 7.00. The van der Waals surface area contributed by atoms with Gasteiger partial charge in [-0.15, -0.1) is 0 Å². The molecule has 3 unspecified atom stereocenters. The Hall–Kier alpha value is -0.0800. The van der Waals surface area contributed by atoms with E-state index in [9.17, 15) is 0 Å². The van der Waals surface area contributed by atoms with E-state index in [1.165, 1.54) is 64.3 Å². The molecule has 0 bridgehead atoms. The van der Waals surface area contributed by atoms with Gasteiger partial charge in [0.15, 0.2) is 0 Å². The summed E-state index contributed by atoms with van der Waals surface area (Å²) in [5.41, 5.74) is 0.312. The van der Waals surface area contributed by atoms with Gasteiger partial charge in [-0.3, -0.25) is 0 Å². The van der Waals surface area contributed by atoms with Crippen LogP contribution in [0.2, 0.25) is 0 Å². The van der Waals surface area contributed by atoms with Crippen molar-refractivity contribution in [2.24, 2.45) is 11.8 Å². The maximum Gasteiger partial charge on any atom is 0.0708 e. The zero-order chi connectivity index (χ0) is 12.4. The van der Waals surface area contributed by atoms with Crippen LogP contribution in [0.15, 0.2) is 0 Å². The smallest absolute Gasteiger partial charge is 0.0708 e. The van der Waals surface area contributed by atoms with Gasteiger partial charge in [0.05, 0.1) is 11.7 Å². The maximum absolute atomic E-state index is 6.34. The highest BCUT2D eigenvalue weighted by atomic mass is 16.5. The molecule has 18 heavy (non-hydrogen) atoms. The molecule has 3 atom stereocenters. The normalized spacial score (nSPS) is 38.8. The van der Waals surface area contributed by atoms with Gasteiger partial charge in [0, 0.05) is 6.54 Å². The SMILES string of the molecule is CC1CCCC1CNCC1CCC2(CCCC2)O1. The highest BCUT2D eigenvalue weighted by Crippen LogP contribution is 2.43. The predicted molar refractivity (Wildman–Crippen MR) is 74.7 cm³/mol. The Bertz CT molecular complexity index is 272. The van der Waals surface area contributed by atoms with Crippen molar-refractivity contribution in [3.63, 3.8) is 0 Å². The first-order valence-corrected chi connectivity index (χ1v) is 8.16. The molecular weight excluding hydrogens is 222 g/mol. The molecule has 0 radical (unpaired) electrons. The van der Waals surface area contributed by atoms with Gasteiger partial charge in [-0.05, 0) is 50.5 Å². The monoisotopic (exact) mass is 251 g/mol. The molecule has 1 aliphatic heterocycles. The first-order valence-electron chi connectivity index (χ1n) is 8.16. The van der Waals surface area contributed by atoms with Crippen molar-refractivity contribution >= 4 is 0 Å². The van der Waals surface area contributed by atoms with Crippen LogP contribution < -0.4 is 5.32 Å². The van der Waals surface area contributed by atoms with E-state index in [0.29, 0.717) is 11.7 Å². The molecule has 0 amide bonds. The summed E-state index contributed by atoms with van der Waals surface area (Å²) in [5.74, 6) is 1.86. The van der Waals surface area contributed by atoms with Crippen molar-refractivity contribution in [3.8, 4) is 0 Å². The molecule has 2 heteroatoms. The molecule has 2 nitrogen and oxygen atoms in total. The molecule has 0 aromatic carbocycles. The van der Waals surface area contributed by atoms with Gasteiger partial charge in [-0.1, -0.05) is 32.6 Å². The molecule has 0 aromatic rings. The van der Waals surface area contributed by atoms with E-state index in [1.54, 1.807) is 0 Å². The van der Waals surface area contributed by atoms with E-state index in [1.807, 2.05) is 0 Å². The van der Waals surface area contributed by atoms with Gasteiger partial charge in [-0.2, -0.15) is 0 Å². The Balaban J connectivity index is 1.37. The topological polar surface area (TPSA) is 21.3 Å². The van der Waals surface area contributed by atoms with E-state index < -0.39 is 0 Å². The highest BCUT2D eigenvalue weighted by molar-refractivity contribution is 4.93. The number of hydrogen-bond donors (Lipinski definition) is 1. The predicted octanol–water partition coefficient (Wildman–Crippen LogP) is 3.50. The van der Waals surface area contributed by atoms with E-state index in [-0.39, 0.29) is 0 Å². The fourth-order valence-electron chi connectivity index (χ4n) is 4.38. The fraction of sp³-hybridized carbons (Fsp3) is 1.00. The van der Waals surface area contributed by atoms with Crippen molar-refractivity contribution in [1.29, 1.82) is 0 Å². The van der Waals surface area contributed by atoms with Crippen LogP contribution in [0.25, 0.3) is 0 Å². The summed E-state index contributed by atoms with van der Waals surface area (Å²) < 4.78 is 6.34. The lowest BCUT2D eigenvalue weighted by Gasteiger charge is -2.24. The van der Waals surface area contributed by atoms with Crippen molar-refractivity contribution in [3.05, 3.63) is 0 Å². The lowest BCUT2D eigenvalue weighted by Crippen LogP contribution is -2.33. The minimum absolute atomic E-state index is 0.312. The fourth-order valence-corrected chi connectivity index (χ4v) is 4.38. The number of ether oxygens (including phenoxy) is 1. The Kier molecular flexibility index (Phi) is 3.95. The molecule has 0 aromatic heterocycles. The largest absolute Gasteiger partial charge is 0.370 e. The van der Waals surface area contributed by atoms with Crippen LogP contribution in [-0.2, 0) is 4.74 Å². The first kappa shape index (κ1) is 12.9. The molecule has 3 fully saturated rings. The van der Waals surface area contributed by atoms with Crippen LogP contribution in [0.1, 0.15) is 64.7 Å². The first-order chi connectivity index (χ1) is 8.77.